The minimum Gasteiger partial charge on any atom is -0.303 e. The smallest absolute Gasteiger partial charge is 0.130 e. The van der Waals surface area contributed by atoms with E-state index in [9.17, 15) is 0 Å². The van der Waals surface area contributed by atoms with Crippen molar-refractivity contribution in [2.24, 2.45) is 5.73 Å². The van der Waals surface area contributed by atoms with Gasteiger partial charge in [0.25, 0.3) is 0 Å². The Labute approximate surface area is 64.2 Å². The third-order valence-corrected chi connectivity index (χ3v) is 2.50. The Balaban J connectivity index is 2.37. The van der Waals surface area contributed by atoms with E-state index in [-0.39, 0.29) is 5.72 Å². The summed E-state index contributed by atoms with van der Waals surface area (Å²) in [6.45, 7) is 0. The Morgan fingerprint density at radius 1 is 1.22 bits per heavy atom. The summed E-state index contributed by atoms with van der Waals surface area (Å²) < 4.78 is 4.97. The molecule has 0 aromatic rings. The average Bonchev–Trinajstić information content (AvgIpc) is 1.90. The Morgan fingerprint density at radius 3 is 2.11 bits per heavy atom. The van der Waals surface area contributed by atoms with Crippen molar-refractivity contribution in [1.82, 2.24) is 0 Å². The van der Waals surface area contributed by atoms with Crippen molar-refractivity contribution in [2.45, 2.75) is 37.8 Å². The molecule has 1 aliphatic carbocycles. The quantitative estimate of drug-likeness (QED) is 0.647. The van der Waals surface area contributed by atoms with E-state index in [1.165, 1.54) is 19.3 Å². The molecule has 2 N–H and O–H groups in total. The van der Waals surface area contributed by atoms with Crippen LogP contribution in [0.15, 0.2) is 0 Å². The summed E-state index contributed by atoms with van der Waals surface area (Å²) in [7, 11) is 0. The van der Waals surface area contributed by atoms with E-state index in [4.69, 9.17) is 9.56 Å². The zero-order valence-corrected chi connectivity index (χ0v) is 6.99. The van der Waals surface area contributed by atoms with E-state index in [1.807, 2.05) is 0 Å². The first-order valence-corrected chi connectivity index (χ1v) is 4.00. The number of halogens is 1. The van der Waals surface area contributed by atoms with Gasteiger partial charge in [-0.05, 0) is 25.7 Å². The van der Waals surface area contributed by atoms with Crippen molar-refractivity contribution < 1.29 is 3.83 Å². The number of hydrogen-bond acceptors (Lipinski definition) is 2. The summed E-state index contributed by atoms with van der Waals surface area (Å²) in [4.78, 5) is 0. The molecule has 1 saturated carbocycles. The Kier molecular flexibility index (Phi) is 2.50. The van der Waals surface area contributed by atoms with Crippen molar-refractivity contribution in [3.05, 3.63) is 0 Å². The summed E-state index contributed by atoms with van der Waals surface area (Å²) in [5.41, 5.74) is 5.43. The SMILES string of the molecule is NC1(OBr)CCCCC1. The standard InChI is InChI=1S/C6H12BrNO/c7-9-6(8)4-2-1-3-5-6/h1-5,8H2. The highest BCUT2D eigenvalue weighted by molar-refractivity contribution is 9.06. The molecule has 0 unspecified atom stereocenters. The zero-order chi connectivity index (χ0) is 6.74. The van der Waals surface area contributed by atoms with E-state index < -0.39 is 0 Å². The fourth-order valence-electron chi connectivity index (χ4n) is 1.23. The lowest BCUT2D eigenvalue weighted by molar-refractivity contribution is 0.0692. The Bertz CT molecular complexity index is 91.1. The molecule has 0 heterocycles. The molecule has 0 aromatic carbocycles. The zero-order valence-electron chi connectivity index (χ0n) is 5.40. The highest BCUT2D eigenvalue weighted by Gasteiger charge is 2.27. The van der Waals surface area contributed by atoms with Gasteiger partial charge in [0, 0.05) is 0 Å². The molecule has 0 amide bonds. The lowest BCUT2D eigenvalue weighted by atomic mass is 9.93. The molecule has 0 aliphatic heterocycles. The number of nitrogens with two attached hydrogens (primary N) is 1. The van der Waals surface area contributed by atoms with E-state index in [1.54, 1.807) is 0 Å². The van der Waals surface area contributed by atoms with Crippen molar-refractivity contribution in [1.29, 1.82) is 0 Å². The molecule has 3 heteroatoms. The molecule has 2 nitrogen and oxygen atoms in total. The highest BCUT2D eigenvalue weighted by Crippen LogP contribution is 2.28. The largest absolute Gasteiger partial charge is 0.303 e. The second-order valence-corrected chi connectivity index (χ2v) is 3.03. The van der Waals surface area contributed by atoms with Gasteiger partial charge in [-0.15, -0.1) is 0 Å². The maximum atomic E-state index is 5.79. The van der Waals surface area contributed by atoms with Crippen LogP contribution in [-0.2, 0) is 3.83 Å². The van der Waals surface area contributed by atoms with Crippen LogP contribution in [0.2, 0.25) is 0 Å². The molecule has 9 heavy (non-hydrogen) atoms. The summed E-state index contributed by atoms with van der Waals surface area (Å²) in [6, 6.07) is 0. The second kappa shape index (κ2) is 2.99. The first-order valence-electron chi connectivity index (χ1n) is 3.35. The van der Waals surface area contributed by atoms with E-state index in [0.717, 1.165) is 12.8 Å². The molecule has 1 rings (SSSR count). The van der Waals surface area contributed by atoms with E-state index in [2.05, 4.69) is 16.3 Å². The fraction of sp³-hybridized carbons (Fsp3) is 1.00. The maximum absolute atomic E-state index is 5.79. The summed E-state index contributed by atoms with van der Waals surface area (Å²) in [6.07, 6.45) is 5.66. The fourth-order valence-corrected chi connectivity index (χ4v) is 1.55. The summed E-state index contributed by atoms with van der Waals surface area (Å²) >= 11 is 2.94. The molecule has 1 fully saturated rings. The van der Waals surface area contributed by atoms with E-state index in [0.29, 0.717) is 0 Å². The Morgan fingerprint density at radius 2 is 1.78 bits per heavy atom. The first kappa shape index (κ1) is 7.51. The van der Waals surface area contributed by atoms with Crippen LogP contribution in [0.5, 0.6) is 0 Å². The molecular weight excluding hydrogens is 182 g/mol. The minimum absolute atomic E-state index is 0.363. The highest BCUT2D eigenvalue weighted by atomic mass is 79.9. The second-order valence-electron chi connectivity index (χ2n) is 2.70. The lowest BCUT2D eigenvalue weighted by Crippen LogP contribution is -2.41. The van der Waals surface area contributed by atoms with Crippen LogP contribution < -0.4 is 5.73 Å². The predicted octanol–water partition coefficient (Wildman–Crippen LogP) is 1.93. The van der Waals surface area contributed by atoms with Crippen LogP contribution in [-0.4, -0.2) is 5.72 Å². The van der Waals surface area contributed by atoms with Gasteiger partial charge in [-0.2, -0.15) is 0 Å². The first-order chi connectivity index (χ1) is 4.27. The molecule has 54 valence electrons. The van der Waals surface area contributed by atoms with Gasteiger partial charge in [0.2, 0.25) is 0 Å². The molecular formula is C6H12BrNO. The molecule has 0 spiro atoms. The molecule has 0 aromatic heterocycles. The van der Waals surface area contributed by atoms with Crippen LogP contribution in [0.4, 0.5) is 0 Å². The molecule has 0 saturated heterocycles. The molecule has 0 atom stereocenters. The van der Waals surface area contributed by atoms with Crippen LogP contribution >= 0.6 is 16.3 Å². The minimum atomic E-state index is -0.363. The number of hydrogen-bond donors (Lipinski definition) is 1. The summed E-state index contributed by atoms with van der Waals surface area (Å²) in [5, 5.41) is 0. The predicted molar refractivity (Wildman–Crippen MR) is 40.0 cm³/mol. The topological polar surface area (TPSA) is 35.2 Å². The van der Waals surface area contributed by atoms with Gasteiger partial charge >= 0.3 is 0 Å². The maximum Gasteiger partial charge on any atom is 0.130 e. The molecule has 1 aliphatic rings. The van der Waals surface area contributed by atoms with Crippen molar-refractivity contribution in [2.75, 3.05) is 0 Å². The number of rotatable bonds is 1. The van der Waals surface area contributed by atoms with Crippen LogP contribution in [0.1, 0.15) is 32.1 Å². The summed E-state index contributed by atoms with van der Waals surface area (Å²) in [5.74, 6) is 0. The van der Waals surface area contributed by atoms with Gasteiger partial charge in [0.1, 0.15) is 22.0 Å². The van der Waals surface area contributed by atoms with Crippen LogP contribution in [0.25, 0.3) is 0 Å². The third-order valence-electron chi connectivity index (χ3n) is 1.85. The third kappa shape index (κ3) is 1.92. The lowest BCUT2D eigenvalue weighted by Gasteiger charge is -2.29. The van der Waals surface area contributed by atoms with Gasteiger partial charge in [-0.1, -0.05) is 6.42 Å². The van der Waals surface area contributed by atoms with Gasteiger partial charge < -0.3 is 5.73 Å². The van der Waals surface area contributed by atoms with Gasteiger partial charge in [0.05, 0.1) is 0 Å². The van der Waals surface area contributed by atoms with Crippen molar-refractivity contribution >= 4 is 16.3 Å². The van der Waals surface area contributed by atoms with E-state index >= 15 is 0 Å². The molecule has 0 radical (unpaired) electrons. The van der Waals surface area contributed by atoms with Crippen molar-refractivity contribution in [3.8, 4) is 0 Å². The van der Waals surface area contributed by atoms with Crippen LogP contribution in [0, 0.1) is 0 Å². The van der Waals surface area contributed by atoms with Crippen molar-refractivity contribution in [3.63, 3.8) is 0 Å². The average molecular weight is 194 g/mol. The monoisotopic (exact) mass is 193 g/mol. The Hall–Kier alpha value is 0.400. The van der Waals surface area contributed by atoms with Crippen LogP contribution in [0.3, 0.4) is 0 Å². The van der Waals surface area contributed by atoms with Gasteiger partial charge in [-0.3, -0.25) is 3.83 Å². The normalized spacial score (nSPS) is 26.0. The molecule has 0 bridgehead atoms. The van der Waals surface area contributed by atoms with Gasteiger partial charge in [-0.25, -0.2) is 0 Å². The van der Waals surface area contributed by atoms with Gasteiger partial charge in [0.15, 0.2) is 0 Å².